The van der Waals surface area contributed by atoms with Crippen LogP contribution in [0.2, 0.25) is 0 Å². The molecule has 10 heavy (non-hydrogen) atoms. The number of nitrogens with two attached hydrogens (primary N) is 1. The third-order valence-corrected chi connectivity index (χ3v) is 1.76. The third-order valence-electron chi connectivity index (χ3n) is 1.76. The van der Waals surface area contributed by atoms with Crippen molar-refractivity contribution in [1.29, 1.82) is 0 Å². The normalized spacial score (nSPS) is 19.7. The summed E-state index contributed by atoms with van der Waals surface area (Å²) in [5.74, 6) is 0.933. The van der Waals surface area contributed by atoms with Crippen LogP contribution in [0.4, 0.5) is 0 Å². The predicted octanol–water partition coefficient (Wildman–Crippen LogP) is 0.779. The van der Waals surface area contributed by atoms with Crippen LogP contribution in [-0.2, 0) is 5.54 Å². The first-order chi connectivity index (χ1) is 4.31. The van der Waals surface area contributed by atoms with Gasteiger partial charge in [0.05, 0.1) is 5.54 Å². The van der Waals surface area contributed by atoms with Crippen molar-refractivity contribution in [3.05, 3.63) is 18.2 Å². The largest absolute Gasteiger partial charge is 0.347 e. The standard InChI is InChI=1S/C6H9N3.ClH/c7-6(1-2-6)5-8-3-4-9-5;/h3-4H,1-2,7H2,(H,8,9);1H. The second kappa shape index (κ2) is 2.25. The van der Waals surface area contributed by atoms with Crippen molar-refractivity contribution in [2.24, 2.45) is 5.73 Å². The minimum atomic E-state index is -0.0938. The molecule has 3 N–H and O–H groups in total. The molecule has 0 saturated heterocycles. The highest BCUT2D eigenvalue weighted by molar-refractivity contribution is 5.85. The summed E-state index contributed by atoms with van der Waals surface area (Å²) >= 11 is 0. The molecule has 0 spiro atoms. The molecule has 4 heteroatoms. The highest BCUT2D eigenvalue weighted by Gasteiger charge is 2.42. The van der Waals surface area contributed by atoms with Crippen LogP contribution in [0.1, 0.15) is 18.7 Å². The van der Waals surface area contributed by atoms with E-state index in [4.69, 9.17) is 5.73 Å². The van der Waals surface area contributed by atoms with E-state index in [2.05, 4.69) is 9.97 Å². The van der Waals surface area contributed by atoms with E-state index in [1.165, 1.54) is 0 Å². The molecule has 0 aliphatic heterocycles. The van der Waals surface area contributed by atoms with Crippen molar-refractivity contribution in [1.82, 2.24) is 9.97 Å². The van der Waals surface area contributed by atoms with Gasteiger partial charge in [-0.3, -0.25) is 0 Å². The van der Waals surface area contributed by atoms with Gasteiger partial charge in [-0.25, -0.2) is 4.98 Å². The molecule has 0 bridgehead atoms. The molecule has 0 amide bonds. The van der Waals surface area contributed by atoms with Gasteiger partial charge in [-0.15, -0.1) is 12.4 Å². The molecule has 56 valence electrons. The van der Waals surface area contributed by atoms with Gasteiger partial charge < -0.3 is 10.7 Å². The summed E-state index contributed by atoms with van der Waals surface area (Å²) in [4.78, 5) is 7.07. The predicted molar refractivity (Wildman–Crippen MR) is 40.9 cm³/mol. The lowest BCUT2D eigenvalue weighted by Gasteiger charge is -2.00. The summed E-state index contributed by atoms with van der Waals surface area (Å²) < 4.78 is 0. The zero-order valence-electron chi connectivity index (χ0n) is 5.50. The van der Waals surface area contributed by atoms with Crippen LogP contribution in [0.25, 0.3) is 0 Å². The number of halogens is 1. The number of hydrogen-bond donors (Lipinski definition) is 2. The average Bonchev–Trinajstić information content (AvgIpc) is 2.46. The lowest BCUT2D eigenvalue weighted by Crippen LogP contribution is -2.20. The number of aromatic amines is 1. The fraction of sp³-hybridized carbons (Fsp3) is 0.500. The van der Waals surface area contributed by atoms with Crippen molar-refractivity contribution >= 4 is 12.4 Å². The summed E-state index contributed by atoms with van der Waals surface area (Å²) in [6, 6.07) is 0. The van der Waals surface area contributed by atoms with E-state index < -0.39 is 0 Å². The van der Waals surface area contributed by atoms with Crippen LogP contribution in [-0.4, -0.2) is 9.97 Å². The van der Waals surface area contributed by atoms with Crippen LogP contribution in [0, 0.1) is 0 Å². The first-order valence-electron chi connectivity index (χ1n) is 3.10. The molecule has 0 atom stereocenters. The summed E-state index contributed by atoms with van der Waals surface area (Å²) in [7, 11) is 0. The number of imidazole rings is 1. The molecule has 0 unspecified atom stereocenters. The van der Waals surface area contributed by atoms with Crippen LogP contribution >= 0.6 is 12.4 Å². The topological polar surface area (TPSA) is 54.7 Å². The maximum atomic E-state index is 5.82. The molecule has 1 aliphatic carbocycles. The Bertz CT molecular complexity index is 203. The van der Waals surface area contributed by atoms with Crippen molar-refractivity contribution in [3.63, 3.8) is 0 Å². The molecule has 1 aliphatic rings. The minimum absolute atomic E-state index is 0. The van der Waals surface area contributed by atoms with E-state index >= 15 is 0 Å². The van der Waals surface area contributed by atoms with Gasteiger partial charge in [0, 0.05) is 12.4 Å². The van der Waals surface area contributed by atoms with Crippen LogP contribution in [0.5, 0.6) is 0 Å². The SMILES string of the molecule is Cl.NC1(c2ncc[nH]2)CC1. The monoisotopic (exact) mass is 159 g/mol. The lowest BCUT2D eigenvalue weighted by molar-refractivity contribution is 0.685. The van der Waals surface area contributed by atoms with Crippen molar-refractivity contribution in [2.75, 3.05) is 0 Å². The van der Waals surface area contributed by atoms with Gasteiger partial charge in [-0.1, -0.05) is 0 Å². The Morgan fingerprint density at radius 2 is 2.30 bits per heavy atom. The average molecular weight is 160 g/mol. The molecular formula is C6H10ClN3. The minimum Gasteiger partial charge on any atom is -0.347 e. The Labute approximate surface area is 65.4 Å². The Balaban J connectivity index is 0.000000500. The number of nitrogens with zero attached hydrogens (tertiary/aromatic N) is 1. The van der Waals surface area contributed by atoms with E-state index in [-0.39, 0.29) is 17.9 Å². The Hall–Kier alpha value is -0.540. The highest BCUT2D eigenvalue weighted by Crippen LogP contribution is 2.40. The fourth-order valence-electron chi connectivity index (χ4n) is 0.909. The van der Waals surface area contributed by atoms with E-state index in [0.717, 1.165) is 18.7 Å². The molecular weight excluding hydrogens is 150 g/mol. The smallest absolute Gasteiger partial charge is 0.126 e. The molecule has 1 saturated carbocycles. The highest BCUT2D eigenvalue weighted by atomic mass is 35.5. The van der Waals surface area contributed by atoms with Crippen molar-refractivity contribution < 1.29 is 0 Å². The number of nitrogens with one attached hydrogen (secondary N) is 1. The van der Waals surface area contributed by atoms with Gasteiger partial charge in [0.25, 0.3) is 0 Å². The molecule has 1 fully saturated rings. The maximum Gasteiger partial charge on any atom is 0.126 e. The second-order valence-electron chi connectivity index (χ2n) is 2.59. The Morgan fingerprint density at radius 3 is 2.70 bits per heavy atom. The van der Waals surface area contributed by atoms with Gasteiger partial charge in [0.2, 0.25) is 0 Å². The third kappa shape index (κ3) is 1.02. The first kappa shape index (κ1) is 7.57. The zero-order valence-corrected chi connectivity index (χ0v) is 6.32. The van der Waals surface area contributed by atoms with E-state index in [1.807, 2.05) is 6.20 Å². The maximum absolute atomic E-state index is 5.82. The molecule has 3 nitrogen and oxygen atoms in total. The van der Waals surface area contributed by atoms with Crippen LogP contribution in [0.3, 0.4) is 0 Å². The van der Waals surface area contributed by atoms with Crippen molar-refractivity contribution in [3.8, 4) is 0 Å². The molecule has 2 rings (SSSR count). The van der Waals surface area contributed by atoms with E-state index in [0.29, 0.717) is 0 Å². The fourth-order valence-corrected chi connectivity index (χ4v) is 0.909. The van der Waals surface area contributed by atoms with Gasteiger partial charge in [0.15, 0.2) is 0 Å². The molecule has 1 aromatic heterocycles. The van der Waals surface area contributed by atoms with E-state index in [1.54, 1.807) is 6.20 Å². The quantitative estimate of drug-likeness (QED) is 0.637. The number of H-pyrrole nitrogens is 1. The summed E-state index contributed by atoms with van der Waals surface area (Å²) in [6.45, 7) is 0. The summed E-state index contributed by atoms with van der Waals surface area (Å²) in [5, 5.41) is 0. The molecule has 1 heterocycles. The zero-order chi connectivity index (χ0) is 6.32. The number of rotatable bonds is 1. The van der Waals surface area contributed by atoms with E-state index in [9.17, 15) is 0 Å². The van der Waals surface area contributed by atoms with Gasteiger partial charge >= 0.3 is 0 Å². The Morgan fingerprint density at radius 1 is 1.60 bits per heavy atom. The van der Waals surface area contributed by atoms with Gasteiger partial charge in [-0.2, -0.15) is 0 Å². The van der Waals surface area contributed by atoms with Gasteiger partial charge in [0.1, 0.15) is 5.82 Å². The summed E-state index contributed by atoms with van der Waals surface area (Å²) in [6.07, 6.45) is 5.69. The second-order valence-corrected chi connectivity index (χ2v) is 2.59. The van der Waals surface area contributed by atoms with Crippen LogP contribution < -0.4 is 5.73 Å². The molecule has 1 aromatic rings. The molecule has 0 aromatic carbocycles. The van der Waals surface area contributed by atoms with Crippen molar-refractivity contribution in [2.45, 2.75) is 18.4 Å². The first-order valence-corrected chi connectivity index (χ1v) is 3.10. The molecule has 0 radical (unpaired) electrons. The lowest BCUT2D eigenvalue weighted by atomic mass is 10.3. The van der Waals surface area contributed by atoms with Gasteiger partial charge in [-0.05, 0) is 12.8 Å². The summed E-state index contributed by atoms with van der Waals surface area (Å²) in [5.41, 5.74) is 5.72. The van der Waals surface area contributed by atoms with Crippen LogP contribution in [0.15, 0.2) is 12.4 Å². The number of hydrogen-bond acceptors (Lipinski definition) is 2. The number of aromatic nitrogens is 2. The Kier molecular flexibility index (Phi) is 1.70.